The lowest BCUT2D eigenvalue weighted by Gasteiger charge is -2.22. The molecule has 2 rings (SSSR count). The third-order valence-electron chi connectivity index (χ3n) is 2.99. The number of nitrogens with zero attached hydrogens (tertiary/aromatic N) is 1. The van der Waals surface area contributed by atoms with Gasteiger partial charge in [0.15, 0.2) is 6.04 Å². The second-order valence-electron chi connectivity index (χ2n) is 6.18. The molecule has 0 radical (unpaired) electrons. The summed E-state index contributed by atoms with van der Waals surface area (Å²) in [6.07, 6.45) is 1.66. The van der Waals surface area contributed by atoms with Crippen molar-refractivity contribution in [3.05, 3.63) is 70.7 Å². The molecule has 0 aliphatic heterocycles. The Kier molecular flexibility index (Phi) is 5.56. The maximum atomic E-state index is 12.5. The van der Waals surface area contributed by atoms with Crippen LogP contribution < -0.4 is 0 Å². The van der Waals surface area contributed by atoms with Crippen LogP contribution in [-0.2, 0) is 9.53 Å². The number of carbonyl (C=O) groups excluding carboxylic acids is 1. The van der Waals surface area contributed by atoms with Crippen LogP contribution in [0.25, 0.3) is 0 Å². The fraction of sp³-hybridized carbons (Fsp3) is 0.263. The average Bonchev–Trinajstić information content (AvgIpc) is 2.48. The predicted octanol–water partition coefficient (Wildman–Crippen LogP) is 4.84. The van der Waals surface area contributed by atoms with Crippen molar-refractivity contribution < 1.29 is 9.53 Å². The summed E-state index contributed by atoms with van der Waals surface area (Å²) >= 11 is 5.87. The highest BCUT2D eigenvalue weighted by molar-refractivity contribution is 6.30. The van der Waals surface area contributed by atoms with Gasteiger partial charge in [-0.1, -0.05) is 54.1 Å². The van der Waals surface area contributed by atoms with Crippen LogP contribution in [0.15, 0.2) is 59.6 Å². The number of esters is 1. The molecule has 1 unspecified atom stereocenters. The number of halogens is 1. The minimum atomic E-state index is -0.689. The Balaban J connectivity index is 2.26. The average molecular weight is 330 g/mol. The van der Waals surface area contributed by atoms with Crippen LogP contribution in [0.3, 0.4) is 0 Å². The van der Waals surface area contributed by atoms with E-state index in [1.54, 1.807) is 18.3 Å². The third-order valence-corrected chi connectivity index (χ3v) is 3.24. The van der Waals surface area contributed by atoms with Crippen molar-refractivity contribution in [1.82, 2.24) is 0 Å². The van der Waals surface area contributed by atoms with Gasteiger partial charge in [0.2, 0.25) is 0 Å². The standard InChI is InChI=1S/C19H20ClNO2/c1-19(2,3)23-18(22)17(15-7-5-4-6-8-15)21-13-14-9-11-16(20)12-10-14/h4-13,17H,1-3H3. The lowest BCUT2D eigenvalue weighted by molar-refractivity contribution is -0.156. The van der Waals surface area contributed by atoms with Gasteiger partial charge in [0.1, 0.15) is 5.60 Å². The summed E-state index contributed by atoms with van der Waals surface area (Å²) in [4.78, 5) is 16.9. The van der Waals surface area contributed by atoms with Gasteiger partial charge < -0.3 is 4.74 Å². The molecule has 0 fully saturated rings. The summed E-state index contributed by atoms with van der Waals surface area (Å²) in [6.45, 7) is 5.53. The molecule has 1 atom stereocenters. The molecule has 3 nitrogen and oxygen atoms in total. The largest absolute Gasteiger partial charge is 0.458 e. The van der Waals surface area contributed by atoms with Crippen LogP contribution in [0.5, 0.6) is 0 Å². The van der Waals surface area contributed by atoms with Crippen LogP contribution in [0.1, 0.15) is 37.9 Å². The first-order valence-corrected chi connectivity index (χ1v) is 7.79. The van der Waals surface area contributed by atoms with E-state index in [1.165, 1.54) is 0 Å². The highest BCUT2D eigenvalue weighted by Gasteiger charge is 2.25. The van der Waals surface area contributed by atoms with Gasteiger partial charge in [-0.15, -0.1) is 0 Å². The van der Waals surface area contributed by atoms with Crippen molar-refractivity contribution >= 4 is 23.8 Å². The first-order chi connectivity index (χ1) is 10.8. The fourth-order valence-corrected chi connectivity index (χ4v) is 2.11. The molecule has 120 valence electrons. The van der Waals surface area contributed by atoms with Gasteiger partial charge in [0.05, 0.1) is 0 Å². The molecule has 0 aromatic heterocycles. The van der Waals surface area contributed by atoms with E-state index < -0.39 is 11.6 Å². The van der Waals surface area contributed by atoms with Gasteiger partial charge in [0.25, 0.3) is 0 Å². The summed E-state index contributed by atoms with van der Waals surface area (Å²) < 4.78 is 5.49. The topological polar surface area (TPSA) is 38.7 Å². The summed E-state index contributed by atoms with van der Waals surface area (Å²) in [5.74, 6) is -0.367. The Bertz CT molecular complexity index is 673. The Hall–Kier alpha value is -2.13. The van der Waals surface area contributed by atoms with Crippen molar-refractivity contribution in [2.75, 3.05) is 0 Å². The third kappa shape index (κ3) is 5.53. The van der Waals surface area contributed by atoms with Crippen molar-refractivity contribution in [3.63, 3.8) is 0 Å². The van der Waals surface area contributed by atoms with Crippen molar-refractivity contribution in [2.24, 2.45) is 4.99 Å². The van der Waals surface area contributed by atoms with Crippen molar-refractivity contribution in [1.29, 1.82) is 0 Å². The van der Waals surface area contributed by atoms with Gasteiger partial charge >= 0.3 is 5.97 Å². The Morgan fingerprint density at radius 1 is 1.09 bits per heavy atom. The summed E-state index contributed by atoms with van der Waals surface area (Å²) in [5.41, 5.74) is 1.12. The van der Waals surface area contributed by atoms with Crippen LogP contribution in [0.2, 0.25) is 5.02 Å². The van der Waals surface area contributed by atoms with Crippen LogP contribution in [0.4, 0.5) is 0 Å². The molecule has 0 aliphatic carbocycles. The molecule has 0 bridgehead atoms. The Morgan fingerprint density at radius 3 is 2.26 bits per heavy atom. The number of carbonyl (C=O) groups is 1. The zero-order valence-corrected chi connectivity index (χ0v) is 14.2. The van der Waals surface area contributed by atoms with E-state index in [2.05, 4.69) is 4.99 Å². The zero-order valence-electron chi connectivity index (χ0n) is 13.5. The highest BCUT2D eigenvalue weighted by Crippen LogP contribution is 2.22. The molecule has 0 saturated carbocycles. The van der Waals surface area contributed by atoms with E-state index in [9.17, 15) is 4.79 Å². The quantitative estimate of drug-likeness (QED) is 0.594. The van der Waals surface area contributed by atoms with Gasteiger partial charge in [-0.2, -0.15) is 0 Å². The molecular formula is C19H20ClNO2. The van der Waals surface area contributed by atoms with Gasteiger partial charge in [-0.05, 0) is 44.0 Å². The molecule has 2 aromatic carbocycles. The number of aliphatic imine (C=N–C) groups is 1. The molecule has 23 heavy (non-hydrogen) atoms. The van der Waals surface area contributed by atoms with Crippen molar-refractivity contribution in [3.8, 4) is 0 Å². The van der Waals surface area contributed by atoms with E-state index in [-0.39, 0.29) is 5.97 Å². The first-order valence-electron chi connectivity index (χ1n) is 7.42. The molecule has 0 amide bonds. The summed E-state index contributed by atoms with van der Waals surface area (Å²) in [6, 6.07) is 16.0. The number of ether oxygens (including phenoxy) is 1. The summed E-state index contributed by atoms with van der Waals surface area (Å²) in [5, 5.41) is 0.661. The highest BCUT2D eigenvalue weighted by atomic mass is 35.5. The van der Waals surface area contributed by atoms with Crippen molar-refractivity contribution in [2.45, 2.75) is 32.4 Å². The van der Waals surface area contributed by atoms with Gasteiger partial charge in [-0.25, -0.2) is 4.79 Å². The Labute approximate surface area is 142 Å². The van der Waals surface area contributed by atoms with E-state index >= 15 is 0 Å². The first kappa shape index (κ1) is 17.2. The minimum Gasteiger partial charge on any atom is -0.458 e. The molecule has 0 aliphatic rings. The van der Waals surface area contributed by atoms with Crippen LogP contribution >= 0.6 is 11.6 Å². The lowest BCUT2D eigenvalue weighted by Crippen LogP contribution is -2.27. The molecular weight excluding hydrogens is 310 g/mol. The lowest BCUT2D eigenvalue weighted by atomic mass is 10.1. The molecule has 2 aromatic rings. The van der Waals surface area contributed by atoms with Gasteiger partial charge in [0, 0.05) is 11.2 Å². The maximum Gasteiger partial charge on any atom is 0.336 e. The predicted molar refractivity (Wildman–Crippen MR) is 94.1 cm³/mol. The normalized spacial score (nSPS) is 13.0. The number of benzene rings is 2. The number of rotatable bonds is 4. The van der Waals surface area contributed by atoms with Gasteiger partial charge in [-0.3, -0.25) is 4.99 Å². The zero-order chi connectivity index (χ0) is 16.9. The van der Waals surface area contributed by atoms with E-state index in [4.69, 9.17) is 16.3 Å². The SMILES string of the molecule is CC(C)(C)OC(=O)C(N=Cc1ccc(Cl)cc1)c1ccccc1. The fourth-order valence-electron chi connectivity index (χ4n) is 1.99. The molecule has 0 heterocycles. The smallest absolute Gasteiger partial charge is 0.336 e. The molecule has 0 spiro atoms. The van der Waals surface area contributed by atoms with Crippen LogP contribution in [0, 0.1) is 0 Å². The minimum absolute atomic E-state index is 0.367. The second-order valence-corrected chi connectivity index (χ2v) is 6.61. The maximum absolute atomic E-state index is 12.5. The summed E-state index contributed by atoms with van der Waals surface area (Å²) in [7, 11) is 0. The van der Waals surface area contributed by atoms with E-state index in [0.29, 0.717) is 5.02 Å². The number of hydrogen-bond donors (Lipinski definition) is 0. The number of hydrogen-bond acceptors (Lipinski definition) is 3. The van der Waals surface area contributed by atoms with E-state index in [0.717, 1.165) is 11.1 Å². The monoisotopic (exact) mass is 329 g/mol. The molecule has 0 N–H and O–H groups in total. The molecule has 4 heteroatoms. The Morgan fingerprint density at radius 2 is 1.70 bits per heavy atom. The second kappa shape index (κ2) is 7.42. The van der Waals surface area contributed by atoms with E-state index in [1.807, 2.05) is 63.2 Å². The molecule has 0 saturated heterocycles. The van der Waals surface area contributed by atoms with Crippen LogP contribution in [-0.4, -0.2) is 17.8 Å².